The van der Waals surface area contributed by atoms with Crippen LogP contribution in [-0.2, 0) is 43.0 Å². The summed E-state index contributed by atoms with van der Waals surface area (Å²) in [5.74, 6) is -3.59. The molecule has 0 aliphatic carbocycles. The van der Waals surface area contributed by atoms with Gasteiger partial charge in [0.2, 0.25) is 30.4 Å². The molecule has 0 saturated carbocycles. The number of hydrogen-bond acceptors (Lipinski definition) is 9. The maximum absolute atomic E-state index is 12.2. The molecule has 14 nitrogen and oxygen atoms in total. The monoisotopic (exact) mass is 443 g/mol. The molecule has 0 saturated heterocycles. The van der Waals surface area contributed by atoms with Crippen molar-refractivity contribution in [3.63, 3.8) is 0 Å². The highest BCUT2D eigenvalue weighted by atomic mass is 16.5. The third-order valence-corrected chi connectivity index (χ3v) is 3.64. The van der Waals surface area contributed by atoms with Crippen LogP contribution in [0, 0.1) is 0 Å². The van der Waals surface area contributed by atoms with Gasteiger partial charge in [-0.1, -0.05) is 12.2 Å². The fraction of sp³-hybridized carbons (Fsp3) is 0.529. The normalized spacial score (nSPS) is 22.5. The van der Waals surface area contributed by atoms with Gasteiger partial charge >= 0.3 is 5.97 Å². The van der Waals surface area contributed by atoms with Gasteiger partial charge in [0.25, 0.3) is 5.91 Å². The van der Waals surface area contributed by atoms with Crippen LogP contribution in [0.2, 0.25) is 0 Å². The van der Waals surface area contributed by atoms with Gasteiger partial charge in [-0.2, -0.15) is 0 Å². The van der Waals surface area contributed by atoms with E-state index in [4.69, 9.17) is 9.47 Å². The molecule has 1 rings (SSSR count). The van der Waals surface area contributed by atoms with E-state index in [-0.39, 0.29) is 19.8 Å². The summed E-state index contributed by atoms with van der Waals surface area (Å²) < 4.78 is 15.0. The number of rotatable bonds is 5. The highest BCUT2D eigenvalue weighted by Gasteiger charge is 2.23. The van der Waals surface area contributed by atoms with Crippen LogP contribution in [0.25, 0.3) is 0 Å². The summed E-state index contributed by atoms with van der Waals surface area (Å²) in [6, 6.07) is -1.02. The first-order chi connectivity index (χ1) is 14.9. The van der Waals surface area contributed by atoms with Crippen LogP contribution >= 0.6 is 0 Å². The van der Waals surface area contributed by atoms with Gasteiger partial charge < -0.3 is 40.8 Å². The molecule has 2 atom stereocenters. The first-order valence-electron chi connectivity index (χ1n) is 9.09. The van der Waals surface area contributed by atoms with E-state index in [1.807, 2.05) is 0 Å². The van der Waals surface area contributed by atoms with Crippen molar-refractivity contribution in [2.24, 2.45) is 0 Å². The van der Waals surface area contributed by atoms with Crippen molar-refractivity contribution in [3.8, 4) is 0 Å². The fourth-order valence-electron chi connectivity index (χ4n) is 2.06. The summed E-state index contributed by atoms with van der Waals surface area (Å²) in [7, 11) is 1.15. The average Bonchev–Trinajstić information content (AvgIpc) is 2.76. The Balaban J connectivity index is 2.78. The molecular formula is C17H25N5O9. The van der Waals surface area contributed by atoms with Crippen molar-refractivity contribution < 1.29 is 43.0 Å². The van der Waals surface area contributed by atoms with E-state index in [2.05, 4.69) is 31.3 Å². The van der Waals surface area contributed by atoms with Crippen LogP contribution in [0.4, 0.5) is 0 Å². The Hall–Kier alpha value is -3.52. The second kappa shape index (κ2) is 14.5. The molecule has 1 unspecified atom stereocenters. The van der Waals surface area contributed by atoms with Gasteiger partial charge in [-0.3, -0.25) is 28.8 Å². The molecule has 1 heterocycles. The van der Waals surface area contributed by atoms with Crippen LogP contribution in [0.3, 0.4) is 0 Å². The van der Waals surface area contributed by atoms with E-state index < -0.39 is 61.5 Å². The average molecular weight is 443 g/mol. The highest BCUT2D eigenvalue weighted by Crippen LogP contribution is 1.93. The molecule has 31 heavy (non-hydrogen) atoms. The van der Waals surface area contributed by atoms with Crippen molar-refractivity contribution in [1.82, 2.24) is 26.6 Å². The molecule has 0 aromatic rings. The zero-order chi connectivity index (χ0) is 23.1. The van der Waals surface area contributed by atoms with Crippen LogP contribution in [-0.4, -0.2) is 94.8 Å². The van der Waals surface area contributed by atoms with Gasteiger partial charge in [-0.25, -0.2) is 0 Å². The van der Waals surface area contributed by atoms with Gasteiger partial charge in [-0.05, 0) is 0 Å². The van der Waals surface area contributed by atoms with E-state index in [1.165, 1.54) is 12.2 Å². The quantitative estimate of drug-likeness (QED) is 0.159. The third-order valence-electron chi connectivity index (χ3n) is 3.64. The topological polar surface area (TPSA) is 190 Å². The Kier molecular flexibility index (Phi) is 11.9. The summed E-state index contributed by atoms with van der Waals surface area (Å²) in [6.45, 7) is -1.60. The van der Waals surface area contributed by atoms with Crippen molar-refractivity contribution >= 4 is 36.0 Å². The molecule has 0 fully saturated rings. The van der Waals surface area contributed by atoms with Crippen molar-refractivity contribution in [2.75, 3.05) is 46.6 Å². The molecule has 14 heteroatoms. The van der Waals surface area contributed by atoms with Gasteiger partial charge in [0, 0.05) is 0 Å². The van der Waals surface area contributed by atoms with E-state index in [9.17, 15) is 28.8 Å². The first kappa shape index (κ1) is 25.5. The number of carbonyl (C=O) groups is 6. The molecule has 1 aliphatic heterocycles. The molecule has 5 N–H and O–H groups in total. The summed E-state index contributed by atoms with van der Waals surface area (Å²) in [4.78, 5) is 69.8. The second-order valence-corrected chi connectivity index (χ2v) is 5.92. The summed E-state index contributed by atoms with van der Waals surface area (Å²) >= 11 is 0. The lowest BCUT2D eigenvalue weighted by Gasteiger charge is -2.18. The number of carbonyl (C=O) groups excluding carboxylic acids is 6. The molecule has 0 aromatic carbocycles. The van der Waals surface area contributed by atoms with E-state index >= 15 is 0 Å². The predicted molar refractivity (Wildman–Crippen MR) is 102 cm³/mol. The molecule has 0 bridgehead atoms. The number of esters is 1. The van der Waals surface area contributed by atoms with E-state index in [0.717, 1.165) is 7.11 Å². The Morgan fingerprint density at radius 1 is 1.16 bits per heavy atom. The minimum Gasteiger partial charge on any atom is -0.468 e. The number of ether oxygens (including phenoxy) is 3. The molecule has 5 amide bonds. The highest BCUT2D eigenvalue weighted by molar-refractivity contribution is 5.92. The molecule has 0 radical (unpaired) electrons. The summed E-state index contributed by atoms with van der Waals surface area (Å²) in [6.07, 6.45) is 1.91. The molecule has 0 aromatic heterocycles. The zero-order valence-corrected chi connectivity index (χ0v) is 16.8. The maximum atomic E-state index is 12.2. The Morgan fingerprint density at radius 2 is 1.87 bits per heavy atom. The lowest BCUT2D eigenvalue weighted by atomic mass is 10.3. The lowest BCUT2D eigenvalue weighted by molar-refractivity contribution is -0.144. The van der Waals surface area contributed by atoms with Crippen molar-refractivity contribution in [3.05, 3.63) is 12.2 Å². The number of nitrogens with one attached hydrogen (secondary N) is 5. The van der Waals surface area contributed by atoms with Crippen molar-refractivity contribution in [1.29, 1.82) is 0 Å². The minimum absolute atomic E-state index is 0.0553. The molecule has 1 aliphatic rings. The summed E-state index contributed by atoms with van der Waals surface area (Å²) in [5.41, 5.74) is 0. The van der Waals surface area contributed by atoms with Gasteiger partial charge in [0.05, 0.1) is 40.0 Å². The van der Waals surface area contributed by atoms with Crippen LogP contribution in [0.15, 0.2) is 12.2 Å². The Bertz CT molecular complexity index is 697. The second-order valence-electron chi connectivity index (χ2n) is 5.92. The lowest BCUT2D eigenvalue weighted by Crippen LogP contribution is -2.52. The zero-order valence-electron chi connectivity index (χ0n) is 16.8. The predicted octanol–water partition coefficient (Wildman–Crippen LogP) is -4.33. The molecular weight excluding hydrogens is 418 g/mol. The van der Waals surface area contributed by atoms with Crippen LogP contribution in [0.1, 0.15) is 0 Å². The maximum Gasteiger partial charge on any atom is 0.325 e. The number of hydrogen-bond donors (Lipinski definition) is 5. The van der Waals surface area contributed by atoms with Crippen LogP contribution in [0.5, 0.6) is 0 Å². The SMILES string of the molecule is COC(=O)CNC(=O)[C@H]1NC(=O)CNC(=O)CNC(=O)C(NC=O)COC/C=C/CO1. The standard InChI is InChI=1S/C17H25N5O9/c1-29-14(26)8-20-16(28)17-22-13(25)7-18-12(24)6-19-15(27)11(21-10-23)9-30-4-2-3-5-31-17/h2-3,10-11,17H,4-9H2,1H3,(H,18,24)(H,19,27)(H,20,28)(H,21,23)(H,22,25)/b3-2+/t11?,17-/m0/s1. The largest absolute Gasteiger partial charge is 0.468 e. The van der Waals surface area contributed by atoms with Gasteiger partial charge in [-0.15, -0.1) is 0 Å². The van der Waals surface area contributed by atoms with E-state index in [0.29, 0.717) is 6.41 Å². The minimum atomic E-state index is -1.45. The third kappa shape index (κ3) is 10.7. The summed E-state index contributed by atoms with van der Waals surface area (Å²) in [5, 5.41) is 11.3. The van der Waals surface area contributed by atoms with Crippen molar-refractivity contribution in [2.45, 2.75) is 12.3 Å². The Labute approximate surface area is 177 Å². The smallest absolute Gasteiger partial charge is 0.325 e. The van der Waals surface area contributed by atoms with Gasteiger partial charge in [0.1, 0.15) is 12.6 Å². The fourth-order valence-corrected chi connectivity index (χ4v) is 2.06. The molecule has 0 spiro atoms. The number of methoxy groups -OCH3 is 1. The van der Waals surface area contributed by atoms with Crippen LogP contribution < -0.4 is 26.6 Å². The van der Waals surface area contributed by atoms with Gasteiger partial charge in [0.15, 0.2) is 0 Å². The first-order valence-corrected chi connectivity index (χ1v) is 9.09. The molecule has 172 valence electrons. The Morgan fingerprint density at radius 3 is 2.58 bits per heavy atom. The van der Waals surface area contributed by atoms with E-state index in [1.54, 1.807) is 0 Å². The number of amides is 5.